The van der Waals surface area contributed by atoms with Crippen molar-refractivity contribution in [2.75, 3.05) is 27.9 Å². The van der Waals surface area contributed by atoms with Crippen LogP contribution in [0.5, 0.6) is 17.2 Å². The fourth-order valence-electron chi connectivity index (χ4n) is 2.43. The van der Waals surface area contributed by atoms with Crippen LogP contribution in [0.3, 0.4) is 0 Å². The van der Waals surface area contributed by atoms with E-state index in [1.54, 1.807) is 18.2 Å². The maximum Gasteiger partial charge on any atom is 0.331 e. The normalized spacial score (nSPS) is 10.5. The lowest BCUT2D eigenvalue weighted by Gasteiger charge is -2.14. The smallest absolute Gasteiger partial charge is 0.331 e. The number of halogens is 1. The molecular weight excluding hydrogens is 381 g/mol. The van der Waals surface area contributed by atoms with Crippen LogP contribution in [-0.4, -0.2) is 39.8 Å². The lowest BCUT2D eigenvalue weighted by atomic mass is 10.1. The summed E-state index contributed by atoms with van der Waals surface area (Å²) in [4.78, 5) is 23.7. The highest BCUT2D eigenvalue weighted by molar-refractivity contribution is 5.89. The molecule has 0 aliphatic carbocycles. The summed E-state index contributed by atoms with van der Waals surface area (Å²) in [6.45, 7) is -0.318. The Labute approximate surface area is 168 Å². The predicted molar refractivity (Wildman–Crippen MR) is 104 cm³/mol. The Kier molecular flexibility index (Phi) is 8.02. The summed E-state index contributed by atoms with van der Waals surface area (Å²) in [6, 6.07) is 9.07. The largest absolute Gasteiger partial charge is 0.496 e. The zero-order valence-electron chi connectivity index (χ0n) is 16.4. The van der Waals surface area contributed by atoms with Crippen molar-refractivity contribution in [1.29, 1.82) is 0 Å². The van der Waals surface area contributed by atoms with E-state index in [-0.39, 0.29) is 6.54 Å². The molecule has 0 spiro atoms. The molecule has 1 N–H and O–H groups in total. The zero-order chi connectivity index (χ0) is 21.2. The van der Waals surface area contributed by atoms with Gasteiger partial charge < -0.3 is 24.3 Å². The standard InChI is InChI=1S/C21H22FNO6/c1-26-17-11-19(28-3)18(27-2)10-15(17)12-23-20(24)13-29-21(25)8-7-14-5-4-6-16(22)9-14/h4-11H,12-13H2,1-3H3,(H,23,24)/b8-7+. The molecule has 0 bridgehead atoms. The van der Waals surface area contributed by atoms with Crippen molar-refractivity contribution in [3.8, 4) is 17.2 Å². The molecule has 0 aromatic heterocycles. The quantitative estimate of drug-likeness (QED) is 0.512. The lowest BCUT2D eigenvalue weighted by Crippen LogP contribution is -2.28. The van der Waals surface area contributed by atoms with Gasteiger partial charge in [0.15, 0.2) is 18.1 Å². The number of nitrogens with one attached hydrogen (secondary N) is 1. The van der Waals surface area contributed by atoms with Crippen molar-refractivity contribution >= 4 is 18.0 Å². The van der Waals surface area contributed by atoms with E-state index in [1.165, 1.54) is 45.6 Å². The van der Waals surface area contributed by atoms with Gasteiger partial charge in [0.25, 0.3) is 5.91 Å². The van der Waals surface area contributed by atoms with Crippen molar-refractivity contribution in [3.63, 3.8) is 0 Å². The van der Waals surface area contributed by atoms with Gasteiger partial charge in [-0.1, -0.05) is 12.1 Å². The van der Waals surface area contributed by atoms with Crippen LogP contribution in [0.15, 0.2) is 42.5 Å². The van der Waals surface area contributed by atoms with E-state index in [0.717, 1.165) is 6.08 Å². The minimum Gasteiger partial charge on any atom is -0.496 e. The van der Waals surface area contributed by atoms with Crippen molar-refractivity contribution in [3.05, 3.63) is 59.4 Å². The third-order valence-corrected chi connectivity index (χ3v) is 3.87. The zero-order valence-corrected chi connectivity index (χ0v) is 16.4. The van der Waals surface area contributed by atoms with E-state index in [1.807, 2.05) is 0 Å². The van der Waals surface area contributed by atoms with Gasteiger partial charge in [-0.25, -0.2) is 9.18 Å². The fourth-order valence-corrected chi connectivity index (χ4v) is 2.43. The predicted octanol–water partition coefficient (Wildman–Crippen LogP) is 2.72. The minimum absolute atomic E-state index is 0.138. The van der Waals surface area contributed by atoms with Crippen LogP contribution in [0, 0.1) is 5.82 Å². The first-order valence-electron chi connectivity index (χ1n) is 8.62. The SMILES string of the molecule is COc1cc(OC)c(OC)cc1CNC(=O)COC(=O)/C=C/c1cccc(F)c1. The third-order valence-electron chi connectivity index (χ3n) is 3.87. The maximum absolute atomic E-state index is 13.1. The summed E-state index contributed by atoms with van der Waals surface area (Å²) >= 11 is 0. The van der Waals surface area contributed by atoms with Crippen molar-refractivity contribution < 1.29 is 32.9 Å². The van der Waals surface area contributed by atoms with Crippen LogP contribution >= 0.6 is 0 Å². The van der Waals surface area contributed by atoms with Crippen LogP contribution in [0.1, 0.15) is 11.1 Å². The number of rotatable bonds is 9. The van der Waals surface area contributed by atoms with Gasteiger partial charge in [-0.05, 0) is 29.8 Å². The van der Waals surface area contributed by atoms with Crippen molar-refractivity contribution in [2.24, 2.45) is 0 Å². The molecule has 0 heterocycles. The minimum atomic E-state index is -0.715. The molecule has 2 rings (SSSR count). The Morgan fingerprint density at radius 1 is 1.00 bits per heavy atom. The Morgan fingerprint density at radius 3 is 2.34 bits per heavy atom. The first-order chi connectivity index (χ1) is 14.0. The van der Waals surface area contributed by atoms with Crippen molar-refractivity contribution in [1.82, 2.24) is 5.32 Å². The average molecular weight is 403 g/mol. The highest BCUT2D eigenvalue weighted by atomic mass is 19.1. The molecule has 0 radical (unpaired) electrons. The first-order valence-corrected chi connectivity index (χ1v) is 8.62. The number of methoxy groups -OCH3 is 3. The summed E-state index contributed by atoms with van der Waals surface area (Å²) in [5.41, 5.74) is 1.17. The molecule has 0 saturated heterocycles. The second-order valence-corrected chi connectivity index (χ2v) is 5.79. The van der Waals surface area contributed by atoms with Gasteiger partial charge in [0, 0.05) is 24.3 Å². The summed E-state index contributed by atoms with van der Waals surface area (Å²) in [6.07, 6.45) is 2.53. The van der Waals surface area contributed by atoms with Crippen LogP contribution in [0.25, 0.3) is 6.08 Å². The molecule has 0 fully saturated rings. The van der Waals surface area contributed by atoms with Crippen molar-refractivity contribution in [2.45, 2.75) is 6.54 Å². The highest BCUT2D eigenvalue weighted by Gasteiger charge is 2.13. The molecular formula is C21H22FNO6. The third kappa shape index (κ3) is 6.53. The van der Waals surface area contributed by atoms with Gasteiger partial charge >= 0.3 is 5.97 Å². The first kappa shape index (κ1) is 21.7. The van der Waals surface area contributed by atoms with Gasteiger partial charge in [0.1, 0.15) is 11.6 Å². The second kappa shape index (κ2) is 10.7. The number of carbonyl (C=O) groups excluding carboxylic acids is 2. The Morgan fingerprint density at radius 2 is 1.69 bits per heavy atom. The molecule has 2 aromatic carbocycles. The number of hydrogen-bond donors (Lipinski definition) is 1. The van der Waals surface area contributed by atoms with E-state index >= 15 is 0 Å². The van der Waals surface area contributed by atoms with E-state index in [4.69, 9.17) is 18.9 Å². The summed E-state index contributed by atoms with van der Waals surface area (Å²) in [7, 11) is 4.51. The number of amides is 1. The topological polar surface area (TPSA) is 83.1 Å². The van der Waals surface area contributed by atoms with Crippen LogP contribution in [0.4, 0.5) is 4.39 Å². The molecule has 0 atom stereocenters. The molecule has 29 heavy (non-hydrogen) atoms. The van der Waals surface area contributed by atoms with Crippen LogP contribution in [-0.2, 0) is 20.9 Å². The lowest BCUT2D eigenvalue weighted by molar-refractivity contribution is -0.143. The summed E-state index contributed by atoms with van der Waals surface area (Å²) < 4.78 is 33.7. The van der Waals surface area contributed by atoms with E-state index in [0.29, 0.717) is 28.4 Å². The maximum atomic E-state index is 13.1. The molecule has 2 aromatic rings. The number of carbonyl (C=O) groups is 2. The van der Waals surface area contributed by atoms with Crippen LogP contribution in [0.2, 0.25) is 0 Å². The van der Waals surface area contributed by atoms with E-state index < -0.39 is 24.3 Å². The average Bonchev–Trinajstić information content (AvgIpc) is 2.74. The summed E-state index contributed by atoms with van der Waals surface area (Å²) in [5, 5.41) is 2.63. The molecule has 1 amide bonds. The van der Waals surface area contributed by atoms with Gasteiger partial charge in [0.2, 0.25) is 0 Å². The molecule has 7 nitrogen and oxygen atoms in total. The molecule has 0 aliphatic heterocycles. The van der Waals surface area contributed by atoms with E-state index in [2.05, 4.69) is 5.32 Å². The van der Waals surface area contributed by atoms with Gasteiger partial charge in [-0.15, -0.1) is 0 Å². The number of hydrogen-bond acceptors (Lipinski definition) is 6. The highest BCUT2D eigenvalue weighted by Crippen LogP contribution is 2.34. The Hall–Kier alpha value is -3.55. The fraction of sp³-hybridized carbons (Fsp3) is 0.238. The molecule has 0 unspecified atom stereocenters. The number of benzene rings is 2. The monoisotopic (exact) mass is 403 g/mol. The van der Waals surface area contributed by atoms with E-state index in [9.17, 15) is 14.0 Å². The van der Waals surface area contributed by atoms with Crippen LogP contribution < -0.4 is 19.5 Å². The van der Waals surface area contributed by atoms with Gasteiger partial charge in [-0.2, -0.15) is 0 Å². The number of esters is 1. The Bertz CT molecular complexity index is 897. The molecule has 0 aliphatic rings. The molecule has 8 heteroatoms. The van der Waals surface area contributed by atoms with Gasteiger partial charge in [0.05, 0.1) is 21.3 Å². The van der Waals surface area contributed by atoms with Gasteiger partial charge in [-0.3, -0.25) is 4.79 Å². The Balaban J connectivity index is 1.87. The molecule has 0 saturated carbocycles. The second-order valence-electron chi connectivity index (χ2n) is 5.79. The summed E-state index contributed by atoms with van der Waals surface area (Å²) in [5.74, 6) is -0.115. The molecule has 154 valence electrons. The number of ether oxygens (including phenoxy) is 4.